The van der Waals surface area contributed by atoms with E-state index >= 15 is 0 Å². The van der Waals surface area contributed by atoms with E-state index in [1.807, 2.05) is 0 Å². The Balaban J connectivity index is 1.81. The van der Waals surface area contributed by atoms with Crippen LogP contribution in [0.15, 0.2) is 28.8 Å². The Morgan fingerprint density at radius 3 is 2.80 bits per heavy atom. The molecule has 2 heterocycles. The van der Waals surface area contributed by atoms with Gasteiger partial charge in [-0.1, -0.05) is 43.3 Å². The number of hydrogen-bond donors (Lipinski definition) is 1. The first-order valence-corrected chi connectivity index (χ1v) is 7.44. The molecule has 3 rings (SSSR count). The molecule has 0 aliphatic carbocycles. The fraction of sp³-hybridized carbons (Fsp3) is 0.500. The zero-order chi connectivity index (χ0) is 13.9. The molecule has 1 aromatic carbocycles. The molecule has 4 nitrogen and oxygen atoms in total. The summed E-state index contributed by atoms with van der Waals surface area (Å²) in [5, 5.41) is 7.60. The molecular formula is C16H21N3O. The molecule has 1 saturated heterocycles. The van der Waals surface area contributed by atoms with E-state index in [0.29, 0.717) is 17.6 Å². The van der Waals surface area contributed by atoms with E-state index in [0.717, 1.165) is 18.5 Å². The minimum atomic E-state index is 0.194. The van der Waals surface area contributed by atoms with Gasteiger partial charge in [0.25, 0.3) is 0 Å². The summed E-state index contributed by atoms with van der Waals surface area (Å²) in [6, 6.07) is 8.55. The number of hydrogen-bond acceptors (Lipinski definition) is 4. The summed E-state index contributed by atoms with van der Waals surface area (Å²) in [5.41, 5.74) is 2.33. The Labute approximate surface area is 119 Å². The number of rotatable bonds is 3. The van der Waals surface area contributed by atoms with E-state index in [4.69, 9.17) is 4.52 Å². The van der Waals surface area contributed by atoms with Crippen LogP contribution < -0.4 is 5.32 Å². The van der Waals surface area contributed by atoms with Crippen molar-refractivity contribution in [2.24, 2.45) is 5.92 Å². The van der Waals surface area contributed by atoms with Gasteiger partial charge in [-0.25, -0.2) is 0 Å². The molecular weight excluding hydrogens is 250 g/mol. The molecule has 1 aliphatic heterocycles. The van der Waals surface area contributed by atoms with E-state index in [1.54, 1.807) is 0 Å². The first-order valence-electron chi connectivity index (χ1n) is 7.44. The predicted octanol–water partition coefficient (Wildman–Crippen LogP) is 3.36. The van der Waals surface area contributed by atoms with E-state index in [2.05, 4.69) is 53.6 Å². The topological polar surface area (TPSA) is 51.0 Å². The smallest absolute Gasteiger partial charge is 0.244 e. The summed E-state index contributed by atoms with van der Waals surface area (Å²) >= 11 is 0. The molecule has 2 atom stereocenters. The molecule has 20 heavy (non-hydrogen) atoms. The van der Waals surface area contributed by atoms with Crippen molar-refractivity contribution in [3.8, 4) is 11.4 Å². The van der Waals surface area contributed by atoms with Crippen molar-refractivity contribution >= 4 is 0 Å². The van der Waals surface area contributed by atoms with Gasteiger partial charge in [0.05, 0.1) is 6.04 Å². The maximum Gasteiger partial charge on any atom is 0.244 e. The van der Waals surface area contributed by atoms with Crippen LogP contribution >= 0.6 is 0 Å². The van der Waals surface area contributed by atoms with Crippen molar-refractivity contribution in [2.75, 3.05) is 6.54 Å². The summed E-state index contributed by atoms with van der Waals surface area (Å²) in [4.78, 5) is 4.57. The average Bonchev–Trinajstić information content (AvgIpc) is 2.97. The molecule has 1 aromatic heterocycles. The molecule has 0 spiro atoms. The summed E-state index contributed by atoms with van der Waals surface area (Å²) in [7, 11) is 0. The van der Waals surface area contributed by atoms with Crippen LogP contribution in [0.1, 0.15) is 44.2 Å². The number of nitrogens with zero attached hydrogens (tertiary/aromatic N) is 2. The molecule has 1 fully saturated rings. The highest BCUT2D eigenvalue weighted by atomic mass is 16.5. The second-order valence-corrected chi connectivity index (χ2v) is 5.56. The van der Waals surface area contributed by atoms with Gasteiger partial charge in [-0.3, -0.25) is 0 Å². The third-order valence-corrected chi connectivity index (χ3v) is 4.10. The van der Waals surface area contributed by atoms with Gasteiger partial charge in [0, 0.05) is 5.56 Å². The van der Waals surface area contributed by atoms with Crippen LogP contribution in [0.25, 0.3) is 11.4 Å². The van der Waals surface area contributed by atoms with Crippen LogP contribution in [0, 0.1) is 5.92 Å². The molecule has 0 amide bonds. The highest BCUT2D eigenvalue weighted by Crippen LogP contribution is 2.29. The van der Waals surface area contributed by atoms with Gasteiger partial charge in [-0.15, -0.1) is 0 Å². The SMILES string of the molecule is CCc1ccc(-c2noc(C3NCCCC3C)n2)cc1. The zero-order valence-corrected chi connectivity index (χ0v) is 12.1. The van der Waals surface area contributed by atoms with Gasteiger partial charge in [-0.05, 0) is 37.3 Å². The van der Waals surface area contributed by atoms with Gasteiger partial charge >= 0.3 is 0 Å². The third-order valence-electron chi connectivity index (χ3n) is 4.10. The lowest BCUT2D eigenvalue weighted by Gasteiger charge is -2.26. The number of piperidine rings is 1. The summed E-state index contributed by atoms with van der Waals surface area (Å²) < 4.78 is 5.46. The normalized spacial score (nSPS) is 22.9. The summed E-state index contributed by atoms with van der Waals surface area (Å²) in [6.45, 7) is 5.41. The van der Waals surface area contributed by atoms with Crippen LogP contribution in [0.2, 0.25) is 0 Å². The molecule has 0 saturated carbocycles. The molecule has 0 radical (unpaired) electrons. The van der Waals surface area contributed by atoms with E-state index in [1.165, 1.54) is 18.4 Å². The average molecular weight is 271 g/mol. The predicted molar refractivity (Wildman–Crippen MR) is 78.3 cm³/mol. The number of aromatic nitrogens is 2. The first-order chi connectivity index (χ1) is 9.78. The molecule has 4 heteroatoms. The maximum atomic E-state index is 5.46. The van der Waals surface area contributed by atoms with E-state index in [9.17, 15) is 0 Å². The van der Waals surface area contributed by atoms with Crippen LogP contribution in [0.4, 0.5) is 0 Å². The van der Waals surface area contributed by atoms with Crippen LogP contribution in [0.3, 0.4) is 0 Å². The van der Waals surface area contributed by atoms with E-state index in [-0.39, 0.29) is 6.04 Å². The Morgan fingerprint density at radius 1 is 1.30 bits per heavy atom. The number of benzene rings is 1. The number of nitrogens with one attached hydrogen (secondary N) is 1. The minimum absolute atomic E-state index is 0.194. The quantitative estimate of drug-likeness (QED) is 0.930. The molecule has 2 aromatic rings. The zero-order valence-electron chi connectivity index (χ0n) is 12.1. The molecule has 2 unspecified atom stereocenters. The maximum absolute atomic E-state index is 5.46. The molecule has 106 valence electrons. The van der Waals surface area contributed by atoms with Gasteiger partial charge in [0.2, 0.25) is 11.7 Å². The fourth-order valence-corrected chi connectivity index (χ4v) is 2.75. The Hall–Kier alpha value is -1.68. The lowest BCUT2D eigenvalue weighted by atomic mass is 9.93. The highest BCUT2D eigenvalue weighted by molar-refractivity contribution is 5.54. The van der Waals surface area contributed by atoms with Crippen molar-refractivity contribution < 1.29 is 4.52 Å². The Kier molecular flexibility index (Phi) is 3.83. The van der Waals surface area contributed by atoms with Crippen molar-refractivity contribution in [3.63, 3.8) is 0 Å². The Morgan fingerprint density at radius 2 is 2.10 bits per heavy atom. The standard InChI is InChI=1S/C16H21N3O/c1-3-12-6-8-13(9-7-12)15-18-16(20-19-15)14-11(2)5-4-10-17-14/h6-9,11,14,17H,3-5,10H2,1-2H3. The van der Waals surface area contributed by atoms with Gasteiger partial charge in [-0.2, -0.15) is 4.98 Å². The highest BCUT2D eigenvalue weighted by Gasteiger charge is 2.27. The van der Waals surface area contributed by atoms with E-state index < -0.39 is 0 Å². The first kappa shape index (κ1) is 13.3. The van der Waals surface area contributed by atoms with Crippen molar-refractivity contribution in [2.45, 2.75) is 39.2 Å². The van der Waals surface area contributed by atoms with Crippen molar-refractivity contribution in [3.05, 3.63) is 35.7 Å². The molecule has 0 bridgehead atoms. The lowest BCUT2D eigenvalue weighted by Crippen LogP contribution is -2.33. The van der Waals surface area contributed by atoms with Crippen molar-refractivity contribution in [1.29, 1.82) is 0 Å². The van der Waals surface area contributed by atoms with Gasteiger partial charge in [0.15, 0.2) is 0 Å². The van der Waals surface area contributed by atoms with Crippen LogP contribution in [-0.2, 0) is 6.42 Å². The molecule has 1 aliphatic rings. The second-order valence-electron chi connectivity index (χ2n) is 5.56. The minimum Gasteiger partial charge on any atom is -0.337 e. The Bertz CT molecular complexity index is 561. The second kappa shape index (κ2) is 5.75. The fourth-order valence-electron chi connectivity index (χ4n) is 2.75. The molecule has 1 N–H and O–H groups in total. The lowest BCUT2D eigenvalue weighted by molar-refractivity contribution is 0.239. The van der Waals surface area contributed by atoms with Crippen LogP contribution in [0.5, 0.6) is 0 Å². The largest absolute Gasteiger partial charge is 0.337 e. The summed E-state index contributed by atoms with van der Waals surface area (Å²) in [6.07, 6.45) is 3.47. The van der Waals surface area contributed by atoms with Gasteiger partial charge < -0.3 is 9.84 Å². The summed E-state index contributed by atoms with van der Waals surface area (Å²) in [5.74, 6) is 1.94. The van der Waals surface area contributed by atoms with Crippen LogP contribution in [-0.4, -0.2) is 16.7 Å². The third kappa shape index (κ3) is 2.61. The monoisotopic (exact) mass is 271 g/mol. The van der Waals surface area contributed by atoms with Crippen molar-refractivity contribution in [1.82, 2.24) is 15.5 Å². The number of aryl methyl sites for hydroxylation is 1. The van der Waals surface area contributed by atoms with Gasteiger partial charge in [0.1, 0.15) is 0 Å².